The van der Waals surface area contributed by atoms with E-state index in [1.54, 1.807) is 6.92 Å². The first-order valence-electron chi connectivity index (χ1n) is 6.53. The second-order valence-electron chi connectivity index (χ2n) is 5.00. The third-order valence-electron chi connectivity index (χ3n) is 3.21. The minimum absolute atomic E-state index is 0.0262. The molecule has 3 N–H and O–H groups in total. The number of amides is 1. The number of carboxylic acids is 1. The van der Waals surface area contributed by atoms with Gasteiger partial charge in [0.2, 0.25) is 5.91 Å². The second kappa shape index (κ2) is 6.00. The molecule has 0 spiro atoms. The largest absolute Gasteiger partial charge is 0.478 e. The van der Waals surface area contributed by atoms with Crippen LogP contribution < -0.4 is 10.6 Å². The zero-order valence-electron chi connectivity index (χ0n) is 11.1. The molecule has 1 atom stereocenters. The average Bonchev–Trinajstić information content (AvgIpc) is 3.20. The molecule has 2 rings (SSSR count). The van der Waals surface area contributed by atoms with Crippen LogP contribution in [0.15, 0.2) is 18.2 Å². The molecule has 0 bridgehead atoms. The first kappa shape index (κ1) is 14.5. The summed E-state index contributed by atoms with van der Waals surface area (Å²) in [5, 5.41) is 14.6. The number of rotatable bonds is 6. The molecule has 1 fully saturated rings. The Kier molecular flexibility index (Phi) is 4.34. The molecule has 1 aromatic carbocycles. The molecule has 1 unspecified atom stereocenters. The quantitative estimate of drug-likeness (QED) is 0.733. The van der Waals surface area contributed by atoms with Gasteiger partial charge in [0.1, 0.15) is 5.82 Å². The molecule has 0 radical (unpaired) electrons. The molecular weight excluding hydrogens is 263 g/mol. The van der Waals surface area contributed by atoms with Gasteiger partial charge >= 0.3 is 5.97 Å². The molecule has 1 aliphatic rings. The summed E-state index contributed by atoms with van der Waals surface area (Å²) in [6.45, 7) is 1.79. The molecule has 108 valence electrons. The summed E-state index contributed by atoms with van der Waals surface area (Å²) in [6.07, 6.45) is 2.02. The van der Waals surface area contributed by atoms with Crippen molar-refractivity contribution in [2.24, 2.45) is 0 Å². The Labute approximate surface area is 116 Å². The maximum absolute atomic E-state index is 13.6. The van der Waals surface area contributed by atoms with Crippen LogP contribution in [0.25, 0.3) is 0 Å². The zero-order valence-corrected chi connectivity index (χ0v) is 11.1. The summed E-state index contributed by atoms with van der Waals surface area (Å²) < 4.78 is 13.6. The molecule has 0 aliphatic heterocycles. The van der Waals surface area contributed by atoms with E-state index in [0.717, 1.165) is 18.9 Å². The van der Waals surface area contributed by atoms with E-state index < -0.39 is 17.8 Å². The predicted octanol–water partition coefficient (Wildman–Crippen LogP) is 1.28. The van der Waals surface area contributed by atoms with Crippen LogP contribution in [-0.4, -0.2) is 29.1 Å². The van der Waals surface area contributed by atoms with E-state index in [2.05, 4.69) is 10.6 Å². The number of benzene rings is 1. The number of aromatic carboxylic acids is 1. The number of halogens is 1. The van der Waals surface area contributed by atoms with Gasteiger partial charge in [-0.3, -0.25) is 4.79 Å². The van der Waals surface area contributed by atoms with Crippen LogP contribution in [0, 0.1) is 5.82 Å². The van der Waals surface area contributed by atoms with Gasteiger partial charge in [-0.15, -0.1) is 0 Å². The van der Waals surface area contributed by atoms with Gasteiger partial charge in [-0.2, -0.15) is 0 Å². The second-order valence-corrected chi connectivity index (χ2v) is 5.00. The summed E-state index contributed by atoms with van der Waals surface area (Å²) in [4.78, 5) is 22.5. The van der Waals surface area contributed by atoms with Crippen LogP contribution >= 0.6 is 0 Å². The van der Waals surface area contributed by atoms with Crippen molar-refractivity contribution in [3.05, 3.63) is 35.1 Å². The molecule has 5 nitrogen and oxygen atoms in total. The third-order valence-corrected chi connectivity index (χ3v) is 3.21. The molecule has 0 saturated heterocycles. The van der Waals surface area contributed by atoms with E-state index in [9.17, 15) is 14.0 Å². The monoisotopic (exact) mass is 280 g/mol. The lowest BCUT2D eigenvalue weighted by atomic mass is 10.1. The highest BCUT2D eigenvalue weighted by molar-refractivity contribution is 5.87. The van der Waals surface area contributed by atoms with Crippen molar-refractivity contribution in [3.8, 4) is 0 Å². The van der Waals surface area contributed by atoms with E-state index in [-0.39, 0.29) is 29.6 Å². The highest BCUT2D eigenvalue weighted by atomic mass is 19.1. The molecule has 1 aliphatic carbocycles. The van der Waals surface area contributed by atoms with Gasteiger partial charge in [-0.25, -0.2) is 9.18 Å². The predicted molar refractivity (Wildman–Crippen MR) is 70.8 cm³/mol. The number of hydrogen-bond donors (Lipinski definition) is 3. The van der Waals surface area contributed by atoms with Crippen LogP contribution in [0.4, 0.5) is 4.39 Å². The molecule has 1 aromatic rings. The van der Waals surface area contributed by atoms with Crippen LogP contribution in [0.3, 0.4) is 0 Å². The SMILES string of the molecule is CC(NCc1cc(C(=O)O)ccc1F)C(=O)NC1CC1. The molecular formula is C14H17FN2O3. The Hall–Kier alpha value is -1.95. The van der Waals surface area contributed by atoms with Gasteiger partial charge in [-0.05, 0) is 38.0 Å². The van der Waals surface area contributed by atoms with E-state index in [1.807, 2.05) is 0 Å². The van der Waals surface area contributed by atoms with Gasteiger partial charge in [0.15, 0.2) is 0 Å². The molecule has 6 heteroatoms. The van der Waals surface area contributed by atoms with Crippen molar-refractivity contribution in [3.63, 3.8) is 0 Å². The Bertz CT molecular complexity index is 529. The number of nitrogens with one attached hydrogen (secondary N) is 2. The van der Waals surface area contributed by atoms with E-state index in [4.69, 9.17) is 5.11 Å². The van der Waals surface area contributed by atoms with Crippen LogP contribution in [-0.2, 0) is 11.3 Å². The third kappa shape index (κ3) is 3.77. The maximum Gasteiger partial charge on any atom is 0.335 e. The summed E-state index contributed by atoms with van der Waals surface area (Å²) in [7, 11) is 0. The minimum Gasteiger partial charge on any atom is -0.478 e. The number of carboxylic acid groups (broad SMARTS) is 1. The van der Waals surface area contributed by atoms with E-state index in [1.165, 1.54) is 12.1 Å². The highest BCUT2D eigenvalue weighted by Crippen LogP contribution is 2.18. The summed E-state index contributed by atoms with van der Waals surface area (Å²) in [5.74, 6) is -1.72. The lowest BCUT2D eigenvalue weighted by Crippen LogP contribution is -2.42. The standard InChI is InChI=1S/C14H17FN2O3/c1-8(13(18)17-11-3-4-11)16-7-10-6-9(14(19)20)2-5-12(10)15/h2,5-6,8,11,16H,3-4,7H2,1H3,(H,17,18)(H,19,20). The van der Waals surface area contributed by atoms with Crippen molar-refractivity contribution in [1.29, 1.82) is 0 Å². The fourth-order valence-electron chi connectivity index (χ4n) is 1.75. The first-order valence-corrected chi connectivity index (χ1v) is 6.53. The van der Waals surface area contributed by atoms with Gasteiger partial charge in [0, 0.05) is 18.2 Å². The summed E-state index contributed by atoms with van der Waals surface area (Å²) in [5.41, 5.74) is 0.259. The Morgan fingerprint density at radius 2 is 2.15 bits per heavy atom. The van der Waals surface area contributed by atoms with Crippen molar-refractivity contribution >= 4 is 11.9 Å². The van der Waals surface area contributed by atoms with Gasteiger partial charge < -0.3 is 15.7 Å². The Morgan fingerprint density at radius 1 is 1.45 bits per heavy atom. The van der Waals surface area contributed by atoms with Crippen LogP contribution in [0.2, 0.25) is 0 Å². The van der Waals surface area contributed by atoms with Crippen LogP contribution in [0.5, 0.6) is 0 Å². The van der Waals surface area contributed by atoms with E-state index in [0.29, 0.717) is 0 Å². The van der Waals surface area contributed by atoms with Gasteiger partial charge in [0.05, 0.1) is 11.6 Å². The normalized spacial score (nSPS) is 15.7. The topological polar surface area (TPSA) is 78.4 Å². The van der Waals surface area contributed by atoms with Crippen molar-refractivity contribution in [1.82, 2.24) is 10.6 Å². The zero-order chi connectivity index (χ0) is 14.7. The minimum atomic E-state index is -1.11. The van der Waals surface area contributed by atoms with Gasteiger partial charge in [-0.1, -0.05) is 0 Å². The average molecular weight is 280 g/mol. The fourth-order valence-corrected chi connectivity index (χ4v) is 1.75. The number of hydrogen-bond acceptors (Lipinski definition) is 3. The van der Waals surface area contributed by atoms with Crippen molar-refractivity contribution in [2.45, 2.75) is 38.4 Å². The molecule has 1 amide bonds. The van der Waals surface area contributed by atoms with Crippen molar-refractivity contribution in [2.75, 3.05) is 0 Å². The molecule has 0 aromatic heterocycles. The highest BCUT2D eigenvalue weighted by Gasteiger charge is 2.25. The van der Waals surface area contributed by atoms with Crippen LogP contribution in [0.1, 0.15) is 35.7 Å². The fraction of sp³-hybridized carbons (Fsp3) is 0.429. The number of carbonyl (C=O) groups excluding carboxylic acids is 1. The molecule has 20 heavy (non-hydrogen) atoms. The van der Waals surface area contributed by atoms with Gasteiger partial charge in [0.25, 0.3) is 0 Å². The Morgan fingerprint density at radius 3 is 2.75 bits per heavy atom. The summed E-state index contributed by atoms with van der Waals surface area (Å²) in [6, 6.07) is 3.43. The maximum atomic E-state index is 13.6. The Balaban J connectivity index is 1.93. The van der Waals surface area contributed by atoms with Crippen molar-refractivity contribution < 1.29 is 19.1 Å². The molecule has 0 heterocycles. The summed E-state index contributed by atoms with van der Waals surface area (Å²) >= 11 is 0. The smallest absolute Gasteiger partial charge is 0.335 e. The lowest BCUT2D eigenvalue weighted by molar-refractivity contribution is -0.122. The van der Waals surface area contributed by atoms with E-state index >= 15 is 0 Å². The first-order chi connectivity index (χ1) is 9.47. The molecule has 1 saturated carbocycles. The lowest BCUT2D eigenvalue weighted by Gasteiger charge is -2.14. The number of carbonyl (C=O) groups is 2.